The van der Waals surface area contributed by atoms with Crippen LogP contribution in [0.1, 0.15) is 0 Å². The van der Waals surface area contributed by atoms with Crippen molar-refractivity contribution in [3.8, 4) is 11.5 Å². The second-order valence-corrected chi connectivity index (χ2v) is 3.73. The van der Waals surface area contributed by atoms with Gasteiger partial charge in [0.1, 0.15) is 11.4 Å². The third kappa shape index (κ3) is 2.65. The van der Waals surface area contributed by atoms with Crippen LogP contribution in [0.25, 0.3) is 0 Å². The number of ether oxygens (including phenoxy) is 1. The maximum absolute atomic E-state index is 10.3. The molecule has 0 fully saturated rings. The first-order valence-electron chi connectivity index (χ1n) is 5.27. The van der Waals surface area contributed by atoms with Crippen LogP contribution < -0.4 is 16.2 Å². The van der Waals surface area contributed by atoms with Gasteiger partial charge >= 0.3 is 0 Å². The maximum Gasteiger partial charge on any atom is 0.150 e. The Kier molecular flexibility index (Phi) is 3.37. The molecule has 0 radical (unpaired) electrons. The minimum absolute atomic E-state index is 0.207. The standard InChI is InChI=1S/C12H10N4O3/c13-9-5-7(15-17)1-3-11(9)19-12-4-2-8(16-18)6-10(12)14/h1-6H,13-14H2. The summed E-state index contributed by atoms with van der Waals surface area (Å²) in [5, 5.41) is 5.52. The lowest BCUT2D eigenvalue weighted by atomic mass is 10.2. The average Bonchev–Trinajstić information content (AvgIpc) is 2.42. The van der Waals surface area contributed by atoms with Crippen molar-refractivity contribution in [2.75, 3.05) is 11.5 Å². The number of hydrogen-bond acceptors (Lipinski definition) is 7. The van der Waals surface area contributed by atoms with Gasteiger partial charge in [-0.2, -0.15) is 0 Å². The van der Waals surface area contributed by atoms with Crippen LogP contribution in [-0.2, 0) is 0 Å². The quantitative estimate of drug-likeness (QED) is 0.642. The molecule has 19 heavy (non-hydrogen) atoms. The van der Waals surface area contributed by atoms with Crippen LogP contribution in [-0.4, -0.2) is 0 Å². The maximum atomic E-state index is 10.3. The van der Waals surface area contributed by atoms with E-state index >= 15 is 0 Å². The molecule has 0 saturated carbocycles. The van der Waals surface area contributed by atoms with Gasteiger partial charge in [0.25, 0.3) is 0 Å². The third-order valence-electron chi connectivity index (χ3n) is 2.42. The first-order chi connectivity index (χ1) is 9.13. The van der Waals surface area contributed by atoms with Gasteiger partial charge in [-0.05, 0) is 46.8 Å². The Morgan fingerprint density at radius 2 is 1.21 bits per heavy atom. The number of hydrogen-bond donors (Lipinski definition) is 2. The van der Waals surface area contributed by atoms with Crippen molar-refractivity contribution in [3.05, 3.63) is 46.2 Å². The molecule has 0 atom stereocenters. The highest BCUT2D eigenvalue weighted by Gasteiger charge is 2.07. The number of nitrogen functional groups attached to an aromatic ring is 2. The van der Waals surface area contributed by atoms with Crippen molar-refractivity contribution in [1.82, 2.24) is 0 Å². The summed E-state index contributed by atoms with van der Waals surface area (Å²) in [5.41, 5.74) is 12.4. The summed E-state index contributed by atoms with van der Waals surface area (Å²) in [6.07, 6.45) is 0. The molecule has 2 aromatic carbocycles. The monoisotopic (exact) mass is 258 g/mol. The zero-order chi connectivity index (χ0) is 13.8. The van der Waals surface area contributed by atoms with Crippen molar-refractivity contribution in [2.45, 2.75) is 0 Å². The van der Waals surface area contributed by atoms with E-state index in [1.807, 2.05) is 0 Å². The lowest BCUT2D eigenvalue weighted by Crippen LogP contribution is -1.95. The first-order valence-corrected chi connectivity index (χ1v) is 5.27. The van der Waals surface area contributed by atoms with Crippen LogP contribution in [0.3, 0.4) is 0 Å². The van der Waals surface area contributed by atoms with Crippen LogP contribution in [0.4, 0.5) is 22.7 Å². The number of nitroso groups, excluding NO2 is 2. The number of rotatable bonds is 4. The SMILES string of the molecule is Nc1cc(N=O)ccc1Oc1ccc(N=O)cc1N. The normalized spacial score (nSPS) is 9.89. The largest absolute Gasteiger partial charge is 0.453 e. The van der Waals surface area contributed by atoms with Gasteiger partial charge in [-0.1, -0.05) is 0 Å². The number of anilines is 2. The van der Waals surface area contributed by atoms with Crippen molar-refractivity contribution in [1.29, 1.82) is 0 Å². The Balaban J connectivity index is 2.30. The molecule has 0 aliphatic carbocycles. The fraction of sp³-hybridized carbons (Fsp3) is 0. The Hall–Kier alpha value is -2.96. The molecule has 0 aliphatic rings. The molecule has 0 aliphatic heterocycles. The summed E-state index contributed by atoms with van der Waals surface area (Å²) in [5.74, 6) is 0.678. The molecule has 2 rings (SSSR count). The van der Waals surface area contributed by atoms with Gasteiger partial charge < -0.3 is 16.2 Å². The fourth-order valence-electron chi connectivity index (χ4n) is 1.49. The molecule has 7 heteroatoms. The molecule has 0 bridgehead atoms. The van der Waals surface area contributed by atoms with Gasteiger partial charge in [-0.3, -0.25) is 0 Å². The highest BCUT2D eigenvalue weighted by molar-refractivity contribution is 5.65. The fourth-order valence-corrected chi connectivity index (χ4v) is 1.49. The Bertz CT molecular complexity index is 587. The summed E-state index contributed by atoms with van der Waals surface area (Å²) in [6.45, 7) is 0. The van der Waals surface area contributed by atoms with E-state index in [-0.39, 0.29) is 22.7 Å². The van der Waals surface area contributed by atoms with Gasteiger partial charge in [0.05, 0.1) is 11.4 Å². The summed E-state index contributed by atoms with van der Waals surface area (Å²) < 4.78 is 5.50. The summed E-state index contributed by atoms with van der Waals surface area (Å²) in [7, 11) is 0. The molecule has 0 aromatic heterocycles. The van der Waals surface area contributed by atoms with Gasteiger partial charge in [-0.15, -0.1) is 9.81 Å². The molecule has 7 nitrogen and oxygen atoms in total. The van der Waals surface area contributed by atoms with Crippen LogP contribution >= 0.6 is 0 Å². The minimum Gasteiger partial charge on any atom is -0.453 e. The van der Waals surface area contributed by atoms with E-state index < -0.39 is 0 Å². The van der Waals surface area contributed by atoms with Crippen molar-refractivity contribution in [2.24, 2.45) is 10.4 Å². The van der Waals surface area contributed by atoms with Crippen LogP contribution in [0.2, 0.25) is 0 Å². The smallest absolute Gasteiger partial charge is 0.150 e. The minimum atomic E-state index is 0.207. The van der Waals surface area contributed by atoms with Crippen molar-refractivity contribution < 1.29 is 4.74 Å². The number of nitrogens with zero attached hydrogens (tertiary/aromatic N) is 2. The lowest BCUT2D eigenvalue weighted by molar-refractivity contribution is 0.487. The van der Waals surface area contributed by atoms with Crippen molar-refractivity contribution in [3.63, 3.8) is 0 Å². The molecule has 4 N–H and O–H groups in total. The summed E-state index contributed by atoms with van der Waals surface area (Å²) in [6, 6.07) is 8.74. The number of benzene rings is 2. The van der Waals surface area contributed by atoms with Crippen LogP contribution in [0.15, 0.2) is 46.8 Å². The summed E-state index contributed by atoms with van der Waals surface area (Å²) >= 11 is 0. The molecule has 0 unspecified atom stereocenters. The van der Waals surface area contributed by atoms with Gasteiger partial charge in [0.15, 0.2) is 11.5 Å². The summed E-state index contributed by atoms with van der Waals surface area (Å²) in [4.78, 5) is 20.7. The molecular weight excluding hydrogens is 248 g/mol. The lowest BCUT2D eigenvalue weighted by Gasteiger charge is -2.10. The molecule has 96 valence electrons. The molecule has 0 spiro atoms. The third-order valence-corrected chi connectivity index (χ3v) is 2.42. The second-order valence-electron chi connectivity index (χ2n) is 3.73. The topological polar surface area (TPSA) is 120 Å². The van der Waals surface area contributed by atoms with Crippen LogP contribution in [0.5, 0.6) is 11.5 Å². The first kappa shape index (κ1) is 12.5. The van der Waals surface area contributed by atoms with Gasteiger partial charge in [0, 0.05) is 0 Å². The molecular formula is C12H10N4O3. The zero-order valence-corrected chi connectivity index (χ0v) is 9.74. The molecule has 0 amide bonds. The predicted octanol–water partition coefficient (Wildman–Crippen LogP) is 3.44. The van der Waals surface area contributed by atoms with Crippen molar-refractivity contribution >= 4 is 22.7 Å². The molecule has 2 aromatic rings. The average molecular weight is 258 g/mol. The van der Waals surface area contributed by atoms with E-state index in [9.17, 15) is 9.81 Å². The second kappa shape index (κ2) is 5.13. The van der Waals surface area contributed by atoms with E-state index in [2.05, 4.69) is 10.4 Å². The van der Waals surface area contributed by atoms with E-state index in [4.69, 9.17) is 16.2 Å². The van der Waals surface area contributed by atoms with Gasteiger partial charge in [0.2, 0.25) is 0 Å². The molecule has 0 saturated heterocycles. The number of nitrogens with two attached hydrogens (primary N) is 2. The Morgan fingerprint density at radius 1 is 0.789 bits per heavy atom. The van der Waals surface area contributed by atoms with E-state index in [0.29, 0.717) is 11.5 Å². The Morgan fingerprint density at radius 3 is 1.53 bits per heavy atom. The zero-order valence-electron chi connectivity index (χ0n) is 9.74. The predicted molar refractivity (Wildman–Crippen MR) is 72.7 cm³/mol. The van der Waals surface area contributed by atoms with E-state index in [1.165, 1.54) is 36.4 Å². The Labute approximate surface area is 108 Å². The van der Waals surface area contributed by atoms with E-state index in [1.54, 1.807) is 0 Å². The highest BCUT2D eigenvalue weighted by atomic mass is 16.5. The van der Waals surface area contributed by atoms with Crippen LogP contribution in [0, 0.1) is 9.81 Å². The van der Waals surface area contributed by atoms with Gasteiger partial charge in [-0.25, -0.2) is 0 Å². The molecule has 0 heterocycles. The van der Waals surface area contributed by atoms with E-state index in [0.717, 1.165) is 0 Å². The highest BCUT2D eigenvalue weighted by Crippen LogP contribution is 2.34.